The standard InChI is InChI=1S/C17H26N2O2.ClH/c1-18-11-5-8-17(20)19-12-9-15(10-13-19)14-21-16-6-3-2-4-7-16;/h2-4,6-7,15,18H,5,8-14H2,1H3;1H. The topological polar surface area (TPSA) is 41.6 Å². The summed E-state index contributed by atoms with van der Waals surface area (Å²) in [6, 6.07) is 9.94. The number of carbonyl (C=O) groups excluding carboxylic acids is 1. The van der Waals surface area contributed by atoms with Crippen LogP contribution in [0.5, 0.6) is 5.75 Å². The molecular formula is C17H27ClN2O2. The van der Waals surface area contributed by atoms with Crippen LogP contribution in [0.2, 0.25) is 0 Å². The highest BCUT2D eigenvalue weighted by Crippen LogP contribution is 2.20. The summed E-state index contributed by atoms with van der Waals surface area (Å²) in [4.78, 5) is 14.0. The molecule has 1 aliphatic rings. The van der Waals surface area contributed by atoms with Crippen molar-refractivity contribution in [1.82, 2.24) is 10.2 Å². The van der Waals surface area contributed by atoms with E-state index in [1.165, 1.54) is 0 Å². The Hall–Kier alpha value is -1.26. The quantitative estimate of drug-likeness (QED) is 0.783. The van der Waals surface area contributed by atoms with Crippen molar-refractivity contribution in [2.75, 3.05) is 33.3 Å². The van der Waals surface area contributed by atoms with Gasteiger partial charge in [0.05, 0.1) is 6.61 Å². The zero-order chi connectivity index (χ0) is 14.9. The van der Waals surface area contributed by atoms with Gasteiger partial charge in [0.15, 0.2) is 0 Å². The summed E-state index contributed by atoms with van der Waals surface area (Å²) in [5, 5.41) is 3.08. The summed E-state index contributed by atoms with van der Waals surface area (Å²) >= 11 is 0. The van der Waals surface area contributed by atoms with E-state index in [0.29, 0.717) is 18.2 Å². The van der Waals surface area contributed by atoms with Gasteiger partial charge in [-0.15, -0.1) is 12.4 Å². The monoisotopic (exact) mass is 326 g/mol. The van der Waals surface area contributed by atoms with Gasteiger partial charge in [-0.2, -0.15) is 0 Å². The van der Waals surface area contributed by atoms with Crippen LogP contribution in [-0.4, -0.2) is 44.1 Å². The van der Waals surface area contributed by atoms with Crippen molar-refractivity contribution in [2.24, 2.45) is 5.92 Å². The number of amides is 1. The molecule has 124 valence electrons. The molecule has 1 amide bonds. The van der Waals surface area contributed by atoms with Gasteiger partial charge in [0.2, 0.25) is 5.91 Å². The summed E-state index contributed by atoms with van der Waals surface area (Å²) in [5.41, 5.74) is 0. The summed E-state index contributed by atoms with van der Waals surface area (Å²) in [6.45, 7) is 3.42. The number of rotatable bonds is 7. The van der Waals surface area contributed by atoms with Crippen molar-refractivity contribution in [3.63, 3.8) is 0 Å². The number of ether oxygens (including phenoxy) is 1. The fourth-order valence-corrected chi connectivity index (χ4v) is 2.65. The Morgan fingerprint density at radius 1 is 1.27 bits per heavy atom. The number of nitrogens with one attached hydrogen (secondary N) is 1. The Balaban J connectivity index is 0.00000242. The van der Waals surface area contributed by atoms with Gasteiger partial charge in [-0.3, -0.25) is 4.79 Å². The maximum Gasteiger partial charge on any atom is 0.222 e. The number of likely N-dealkylation sites (tertiary alicyclic amines) is 1. The second kappa shape index (κ2) is 10.5. The number of hydrogen-bond donors (Lipinski definition) is 1. The van der Waals surface area contributed by atoms with E-state index in [-0.39, 0.29) is 12.4 Å². The molecular weight excluding hydrogens is 300 g/mol. The highest BCUT2D eigenvalue weighted by Gasteiger charge is 2.22. The normalized spacial score (nSPS) is 15.2. The van der Waals surface area contributed by atoms with Crippen LogP contribution in [0.1, 0.15) is 25.7 Å². The van der Waals surface area contributed by atoms with Gasteiger partial charge >= 0.3 is 0 Å². The van der Waals surface area contributed by atoms with E-state index in [1.807, 2.05) is 42.3 Å². The smallest absolute Gasteiger partial charge is 0.222 e. The van der Waals surface area contributed by atoms with Crippen molar-refractivity contribution >= 4 is 18.3 Å². The van der Waals surface area contributed by atoms with Gasteiger partial charge in [-0.1, -0.05) is 18.2 Å². The fraction of sp³-hybridized carbons (Fsp3) is 0.588. The Labute approximate surface area is 139 Å². The first kappa shape index (κ1) is 18.8. The molecule has 1 aromatic rings. The van der Waals surface area contributed by atoms with Crippen LogP contribution < -0.4 is 10.1 Å². The molecule has 1 saturated heterocycles. The zero-order valence-electron chi connectivity index (χ0n) is 13.3. The SMILES string of the molecule is CNCCCC(=O)N1CCC(COc2ccccc2)CC1.Cl. The maximum absolute atomic E-state index is 12.0. The fourth-order valence-electron chi connectivity index (χ4n) is 2.65. The molecule has 0 saturated carbocycles. The van der Waals surface area contributed by atoms with Crippen LogP contribution in [0.3, 0.4) is 0 Å². The molecule has 1 aromatic carbocycles. The van der Waals surface area contributed by atoms with Crippen LogP contribution in [0, 0.1) is 5.92 Å². The second-order valence-electron chi connectivity index (χ2n) is 5.66. The lowest BCUT2D eigenvalue weighted by Gasteiger charge is -2.32. The van der Waals surface area contributed by atoms with E-state index in [1.54, 1.807) is 0 Å². The summed E-state index contributed by atoms with van der Waals surface area (Å²) in [7, 11) is 1.92. The van der Waals surface area contributed by atoms with Gasteiger partial charge < -0.3 is 15.0 Å². The number of piperidine rings is 1. The lowest BCUT2D eigenvalue weighted by Crippen LogP contribution is -2.39. The molecule has 1 fully saturated rings. The molecule has 4 nitrogen and oxygen atoms in total. The number of carbonyl (C=O) groups is 1. The molecule has 0 radical (unpaired) electrons. The first-order valence-corrected chi connectivity index (χ1v) is 7.90. The van der Waals surface area contributed by atoms with Gasteiger partial charge in [-0.25, -0.2) is 0 Å². The summed E-state index contributed by atoms with van der Waals surface area (Å²) in [5.74, 6) is 1.79. The Morgan fingerprint density at radius 2 is 1.95 bits per heavy atom. The van der Waals surface area contributed by atoms with Crippen LogP contribution >= 0.6 is 12.4 Å². The molecule has 0 unspecified atom stereocenters. The molecule has 2 rings (SSSR count). The van der Waals surface area contributed by atoms with E-state index in [2.05, 4.69) is 5.32 Å². The highest BCUT2D eigenvalue weighted by molar-refractivity contribution is 5.85. The first-order valence-electron chi connectivity index (χ1n) is 7.90. The lowest BCUT2D eigenvalue weighted by atomic mass is 9.97. The van der Waals surface area contributed by atoms with Crippen molar-refractivity contribution in [1.29, 1.82) is 0 Å². The van der Waals surface area contributed by atoms with Crippen LogP contribution in [-0.2, 0) is 4.79 Å². The third-order valence-corrected chi connectivity index (χ3v) is 4.01. The predicted molar refractivity (Wildman–Crippen MR) is 91.6 cm³/mol. The lowest BCUT2D eigenvalue weighted by molar-refractivity contribution is -0.132. The number of nitrogens with zero attached hydrogens (tertiary/aromatic N) is 1. The van der Waals surface area contributed by atoms with Crippen molar-refractivity contribution in [2.45, 2.75) is 25.7 Å². The Morgan fingerprint density at radius 3 is 2.59 bits per heavy atom. The van der Waals surface area contributed by atoms with E-state index in [9.17, 15) is 4.79 Å². The Kier molecular flexibility index (Phi) is 8.94. The molecule has 0 bridgehead atoms. The van der Waals surface area contributed by atoms with Crippen LogP contribution in [0.15, 0.2) is 30.3 Å². The van der Waals surface area contributed by atoms with Crippen molar-refractivity contribution in [3.8, 4) is 5.75 Å². The van der Waals surface area contributed by atoms with Gasteiger partial charge in [-0.05, 0) is 50.9 Å². The Bertz CT molecular complexity index is 420. The molecule has 0 aliphatic carbocycles. The molecule has 0 spiro atoms. The van der Waals surface area contributed by atoms with E-state index < -0.39 is 0 Å². The third kappa shape index (κ3) is 6.24. The predicted octanol–water partition coefficient (Wildman–Crippen LogP) is 2.73. The van der Waals surface area contributed by atoms with Crippen LogP contribution in [0.4, 0.5) is 0 Å². The summed E-state index contributed by atoms with van der Waals surface area (Å²) in [6.07, 6.45) is 3.67. The minimum atomic E-state index is 0. The molecule has 1 N–H and O–H groups in total. The van der Waals surface area contributed by atoms with Gasteiger partial charge in [0.25, 0.3) is 0 Å². The molecule has 1 aliphatic heterocycles. The number of halogens is 1. The first-order chi connectivity index (χ1) is 10.3. The van der Waals surface area contributed by atoms with E-state index in [4.69, 9.17) is 4.74 Å². The van der Waals surface area contributed by atoms with Crippen LogP contribution in [0.25, 0.3) is 0 Å². The van der Waals surface area contributed by atoms with Crippen molar-refractivity contribution < 1.29 is 9.53 Å². The maximum atomic E-state index is 12.0. The van der Waals surface area contributed by atoms with Gasteiger partial charge in [0, 0.05) is 19.5 Å². The van der Waals surface area contributed by atoms with Gasteiger partial charge in [0.1, 0.15) is 5.75 Å². The second-order valence-corrected chi connectivity index (χ2v) is 5.66. The van der Waals surface area contributed by atoms with E-state index >= 15 is 0 Å². The van der Waals surface area contributed by atoms with E-state index in [0.717, 1.165) is 51.3 Å². The molecule has 22 heavy (non-hydrogen) atoms. The zero-order valence-corrected chi connectivity index (χ0v) is 14.1. The average Bonchev–Trinajstić information content (AvgIpc) is 2.54. The number of benzene rings is 1. The average molecular weight is 327 g/mol. The highest BCUT2D eigenvalue weighted by atomic mass is 35.5. The molecule has 0 aromatic heterocycles. The third-order valence-electron chi connectivity index (χ3n) is 4.01. The summed E-state index contributed by atoms with van der Waals surface area (Å²) < 4.78 is 5.81. The number of hydrogen-bond acceptors (Lipinski definition) is 3. The van der Waals surface area contributed by atoms with Crippen molar-refractivity contribution in [3.05, 3.63) is 30.3 Å². The minimum Gasteiger partial charge on any atom is -0.493 e. The molecule has 5 heteroatoms. The molecule has 1 heterocycles. The molecule has 0 atom stereocenters. The largest absolute Gasteiger partial charge is 0.493 e. The minimum absolute atomic E-state index is 0. The number of para-hydroxylation sites is 1.